The number of benzene rings is 1. The number of nitrogens with one attached hydrogen (secondary N) is 1. The molecule has 19 heavy (non-hydrogen) atoms. The Morgan fingerprint density at radius 3 is 2.95 bits per heavy atom. The molecule has 1 aliphatic rings. The van der Waals surface area contributed by atoms with Crippen LogP contribution >= 0.6 is 11.6 Å². The van der Waals surface area contributed by atoms with E-state index in [0.29, 0.717) is 17.8 Å². The molecule has 1 aromatic rings. The van der Waals surface area contributed by atoms with E-state index < -0.39 is 0 Å². The zero-order valence-electron chi connectivity index (χ0n) is 11.6. The van der Waals surface area contributed by atoms with Gasteiger partial charge in [0.1, 0.15) is 0 Å². The number of rotatable bonds is 4. The van der Waals surface area contributed by atoms with E-state index in [2.05, 4.69) is 24.1 Å². The molecule has 0 aromatic heterocycles. The number of halogens is 2. The van der Waals surface area contributed by atoms with Crippen LogP contribution in [0.1, 0.15) is 33.1 Å². The van der Waals surface area contributed by atoms with Crippen molar-refractivity contribution in [3.8, 4) is 0 Å². The zero-order valence-corrected chi connectivity index (χ0v) is 12.4. The summed E-state index contributed by atoms with van der Waals surface area (Å²) in [5.74, 6) is -0.295. The van der Waals surface area contributed by atoms with Gasteiger partial charge < -0.3 is 10.2 Å². The lowest BCUT2D eigenvalue weighted by molar-refractivity contribution is 0.366. The highest BCUT2D eigenvalue weighted by molar-refractivity contribution is 6.31. The molecular formula is C15H22ClFN2. The van der Waals surface area contributed by atoms with Crippen molar-refractivity contribution in [1.82, 2.24) is 5.32 Å². The lowest BCUT2D eigenvalue weighted by atomic mass is 9.97. The van der Waals surface area contributed by atoms with Crippen molar-refractivity contribution in [2.45, 2.75) is 45.2 Å². The Balaban J connectivity index is 2.05. The zero-order chi connectivity index (χ0) is 13.8. The largest absolute Gasteiger partial charge is 0.366 e. The van der Waals surface area contributed by atoms with E-state index in [1.807, 2.05) is 12.1 Å². The van der Waals surface area contributed by atoms with E-state index in [9.17, 15) is 4.39 Å². The third-order valence-electron chi connectivity index (χ3n) is 3.80. The Labute approximate surface area is 119 Å². The predicted molar refractivity (Wildman–Crippen MR) is 79.5 cm³/mol. The molecule has 4 heteroatoms. The van der Waals surface area contributed by atoms with Crippen LogP contribution in [0.3, 0.4) is 0 Å². The van der Waals surface area contributed by atoms with Gasteiger partial charge in [-0.25, -0.2) is 4.39 Å². The van der Waals surface area contributed by atoms with Crippen LogP contribution < -0.4 is 10.2 Å². The van der Waals surface area contributed by atoms with Gasteiger partial charge in [0.15, 0.2) is 5.82 Å². The van der Waals surface area contributed by atoms with Gasteiger partial charge in [0.2, 0.25) is 0 Å². The maximum Gasteiger partial charge on any atom is 0.165 e. The molecule has 2 unspecified atom stereocenters. The Bertz CT molecular complexity index is 425. The molecule has 106 valence electrons. The van der Waals surface area contributed by atoms with Crippen molar-refractivity contribution < 1.29 is 4.39 Å². The van der Waals surface area contributed by atoms with Crippen molar-refractivity contribution in [2.75, 3.05) is 18.0 Å². The Hall–Kier alpha value is -0.800. The summed E-state index contributed by atoms with van der Waals surface area (Å²) in [5.41, 5.74) is 0.633. The molecule has 1 aromatic carbocycles. The van der Waals surface area contributed by atoms with Gasteiger partial charge >= 0.3 is 0 Å². The monoisotopic (exact) mass is 284 g/mol. The van der Waals surface area contributed by atoms with Gasteiger partial charge in [-0.15, -0.1) is 0 Å². The van der Waals surface area contributed by atoms with Crippen molar-refractivity contribution in [3.05, 3.63) is 29.0 Å². The predicted octanol–water partition coefficient (Wildman–Crippen LogP) is 3.84. The first kappa shape index (κ1) is 14.6. The lowest BCUT2D eigenvalue weighted by Crippen LogP contribution is -2.48. The first-order chi connectivity index (χ1) is 9.13. The van der Waals surface area contributed by atoms with Crippen LogP contribution in [0.5, 0.6) is 0 Å². The summed E-state index contributed by atoms with van der Waals surface area (Å²) in [6, 6.07) is 6.11. The van der Waals surface area contributed by atoms with Gasteiger partial charge in [0.25, 0.3) is 0 Å². The molecule has 0 radical (unpaired) electrons. The second kappa shape index (κ2) is 6.58. The fourth-order valence-corrected chi connectivity index (χ4v) is 2.95. The average molecular weight is 285 g/mol. The minimum atomic E-state index is -0.295. The molecule has 2 nitrogen and oxygen atoms in total. The van der Waals surface area contributed by atoms with Gasteiger partial charge in [-0.05, 0) is 44.9 Å². The molecule has 2 atom stereocenters. The number of anilines is 1. The normalized spacial score (nSPS) is 23.7. The molecule has 0 aliphatic carbocycles. The number of hydrogen-bond donors (Lipinski definition) is 1. The molecule has 0 spiro atoms. The summed E-state index contributed by atoms with van der Waals surface area (Å²) in [4.78, 5) is 2.13. The van der Waals surface area contributed by atoms with E-state index in [1.165, 1.54) is 0 Å². The highest BCUT2D eigenvalue weighted by atomic mass is 35.5. The molecule has 0 amide bonds. The van der Waals surface area contributed by atoms with Gasteiger partial charge in [-0.3, -0.25) is 0 Å². The van der Waals surface area contributed by atoms with Crippen molar-refractivity contribution in [3.63, 3.8) is 0 Å². The quantitative estimate of drug-likeness (QED) is 0.904. The number of nitrogens with zero attached hydrogens (tertiary/aromatic N) is 1. The molecule has 1 heterocycles. The maximum absolute atomic E-state index is 14.1. The third kappa shape index (κ3) is 3.40. The highest BCUT2D eigenvalue weighted by Gasteiger charge is 2.27. The van der Waals surface area contributed by atoms with Crippen LogP contribution in [-0.4, -0.2) is 25.2 Å². The summed E-state index contributed by atoms with van der Waals surface area (Å²) >= 11 is 5.86. The SMILES string of the molecule is CCCNC1CCN(c2cccc(Cl)c2F)C(C)C1. The topological polar surface area (TPSA) is 15.3 Å². The van der Waals surface area contributed by atoms with E-state index in [0.717, 1.165) is 32.4 Å². The minimum absolute atomic E-state index is 0.205. The summed E-state index contributed by atoms with van der Waals surface area (Å²) < 4.78 is 14.1. The standard InChI is InChI=1S/C15H22ClFN2/c1-3-8-18-12-7-9-19(11(2)10-12)14-6-4-5-13(16)15(14)17/h4-6,11-12,18H,3,7-10H2,1-2H3. The van der Waals surface area contributed by atoms with Crippen LogP contribution in [0.25, 0.3) is 0 Å². The molecule has 1 aliphatic heterocycles. The van der Waals surface area contributed by atoms with Crippen molar-refractivity contribution in [1.29, 1.82) is 0 Å². The van der Waals surface area contributed by atoms with Crippen LogP contribution in [0.15, 0.2) is 18.2 Å². The summed E-state index contributed by atoms with van der Waals surface area (Å²) in [6.45, 7) is 6.26. The third-order valence-corrected chi connectivity index (χ3v) is 4.09. The molecule has 1 saturated heterocycles. The smallest absolute Gasteiger partial charge is 0.165 e. The molecule has 1 N–H and O–H groups in total. The van der Waals surface area contributed by atoms with E-state index in [1.54, 1.807) is 6.07 Å². The summed E-state index contributed by atoms with van der Waals surface area (Å²) in [6.07, 6.45) is 3.25. The van der Waals surface area contributed by atoms with Crippen LogP contribution in [0.4, 0.5) is 10.1 Å². The first-order valence-electron chi connectivity index (χ1n) is 7.07. The van der Waals surface area contributed by atoms with Crippen LogP contribution in [0, 0.1) is 5.82 Å². The van der Waals surface area contributed by atoms with E-state index in [4.69, 9.17) is 11.6 Å². The molecule has 1 fully saturated rings. The second-order valence-electron chi connectivity index (χ2n) is 5.29. The number of piperidine rings is 1. The highest BCUT2D eigenvalue weighted by Crippen LogP contribution is 2.30. The molecular weight excluding hydrogens is 263 g/mol. The Kier molecular flexibility index (Phi) is 5.06. The number of hydrogen-bond acceptors (Lipinski definition) is 2. The van der Waals surface area contributed by atoms with Crippen LogP contribution in [-0.2, 0) is 0 Å². The maximum atomic E-state index is 14.1. The van der Waals surface area contributed by atoms with Crippen LogP contribution in [0.2, 0.25) is 5.02 Å². The van der Waals surface area contributed by atoms with Gasteiger partial charge in [-0.2, -0.15) is 0 Å². The van der Waals surface area contributed by atoms with Gasteiger partial charge in [0.05, 0.1) is 10.7 Å². The van der Waals surface area contributed by atoms with Gasteiger partial charge in [-0.1, -0.05) is 24.6 Å². The van der Waals surface area contributed by atoms with E-state index in [-0.39, 0.29) is 10.8 Å². The lowest BCUT2D eigenvalue weighted by Gasteiger charge is -2.39. The average Bonchev–Trinajstić information content (AvgIpc) is 2.40. The van der Waals surface area contributed by atoms with E-state index >= 15 is 0 Å². The first-order valence-corrected chi connectivity index (χ1v) is 7.45. The fraction of sp³-hybridized carbons (Fsp3) is 0.600. The molecule has 0 saturated carbocycles. The molecule has 0 bridgehead atoms. The van der Waals surface area contributed by atoms with Gasteiger partial charge in [0, 0.05) is 18.6 Å². The Morgan fingerprint density at radius 2 is 2.26 bits per heavy atom. The van der Waals surface area contributed by atoms with Crippen molar-refractivity contribution in [2.24, 2.45) is 0 Å². The van der Waals surface area contributed by atoms with Crippen molar-refractivity contribution >= 4 is 17.3 Å². The Morgan fingerprint density at radius 1 is 1.47 bits per heavy atom. The minimum Gasteiger partial charge on any atom is -0.366 e. The second-order valence-corrected chi connectivity index (χ2v) is 5.70. The molecule has 2 rings (SSSR count). The summed E-state index contributed by atoms with van der Waals surface area (Å²) in [7, 11) is 0. The fourth-order valence-electron chi connectivity index (χ4n) is 2.78. The summed E-state index contributed by atoms with van der Waals surface area (Å²) in [5, 5.41) is 3.76.